The van der Waals surface area contributed by atoms with Crippen LogP contribution in [0.15, 0.2) is 48.5 Å². The zero-order chi connectivity index (χ0) is 15.2. The number of carbonyl (C=O) groups is 1. The summed E-state index contributed by atoms with van der Waals surface area (Å²) >= 11 is 0. The molecule has 5 nitrogen and oxygen atoms in total. The Morgan fingerprint density at radius 1 is 1.14 bits per heavy atom. The van der Waals surface area contributed by atoms with Gasteiger partial charge in [-0.1, -0.05) is 30.3 Å². The third-order valence-electron chi connectivity index (χ3n) is 3.04. The number of rotatable bonds is 6. The molecule has 21 heavy (non-hydrogen) atoms. The van der Waals surface area contributed by atoms with Crippen molar-refractivity contribution in [1.29, 1.82) is 5.41 Å². The van der Waals surface area contributed by atoms with Gasteiger partial charge in [-0.25, -0.2) is 0 Å². The van der Waals surface area contributed by atoms with Crippen LogP contribution in [0.1, 0.15) is 17.5 Å². The van der Waals surface area contributed by atoms with Crippen molar-refractivity contribution in [1.82, 2.24) is 0 Å². The number of nitrogen functional groups attached to an aromatic ring is 1. The highest BCUT2D eigenvalue weighted by molar-refractivity contribution is 6.10. The standard InChI is InChI=1S/C16H17N3O2/c17-12-7-5-11(6-8-12)10-19-15-4-2-1-3-13(15)14(18)9-16(20)21/h1-8,18-19H,9-10,17H2,(H,20,21). The van der Waals surface area contributed by atoms with Crippen LogP contribution in [0.2, 0.25) is 0 Å². The van der Waals surface area contributed by atoms with Gasteiger partial charge in [0.2, 0.25) is 0 Å². The highest BCUT2D eigenvalue weighted by Gasteiger charge is 2.10. The smallest absolute Gasteiger partial charge is 0.309 e. The highest BCUT2D eigenvalue weighted by Crippen LogP contribution is 2.18. The molecular formula is C16H17N3O2. The first-order valence-corrected chi connectivity index (χ1v) is 6.53. The molecule has 2 aromatic carbocycles. The molecule has 0 bridgehead atoms. The van der Waals surface area contributed by atoms with Crippen molar-refractivity contribution >= 4 is 23.1 Å². The molecule has 0 heterocycles. The number of hydrogen-bond donors (Lipinski definition) is 4. The Balaban J connectivity index is 2.11. The summed E-state index contributed by atoms with van der Waals surface area (Å²) in [5.41, 5.74) is 8.85. The number of hydrogen-bond acceptors (Lipinski definition) is 4. The monoisotopic (exact) mass is 283 g/mol. The van der Waals surface area contributed by atoms with Crippen molar-refractivity contribution in [3.8, 4) is 0 Å². The highest BCUT2D eigenvalue weighted by atomic mass is 16.4. The van der Waals surface area contributed by atoms with Crippen molar-refractivity contribution < 1.29 is 9.90 Å². The molecule has 0 fully saturated rings. The van der Waals surface area contributed by atoms with E-state index in [9.17, 15) is 4.79 Å². The zero-order valence-electron chi connectivity index (χ0n) is 11.5. The Labute approximate surface area is 122 Å². The van der Waals surface area contributed by atoms with Gasteiger partial charge in [0.1, 0.15) is 0 Å². The Morgan fingerprint density at radius 2 is 1.81 bits per heavy atom. The summed E-state index contributed by atoms with van der Waals surface area (Å²) in [5.74, 6) is -1.01. The van der Waals surface area contributed by atoms with Crippen LogP contribution in [0.5, 0.6) is 0 Å². The Bertz CT molecular complexity index is 651. The predicted octanol–water partition coefficient (Wildman–Crippen LogP) is 2.72. The van der Waals surface area contributed by atoms with E-state index < -0.39 is 5.97 Å². The second kappa shape index (κ2) is 6.56. The molecule has 0 unspecified atom stereocenters. The van der Waals surface area contributed by atoms with Gasteiger partial charge < -0.3 is 21.6 Å². The summed E-state index contributed by atoms with van der Waals surface area (Å²) in [7, 11) is 0. The first-order valence-electron chi connectivity index (χ1n) is 6.53. The van der Waals surface area contributed by atoms with Gasteiger partial charge in [0.15, 0.2) is 0 Å². The van der Waals surface area contributed by atoms with Gasteiger partial charge in [-0.05, 0) is 23.8 Å². The summed E-state index contributed by atoms with van der Waals surface area (Å²) in [5, 5.41) is 19.9. The van der Waals surface area contributed by atoms with E-state index in [2.05, 4.69) is 5.32 Å². The minimum atomic E-state index is -1.01. The lowest BCUT2D eigenvalue weighted by atomic mass is 10.0. The van der Waals surface area contributed by atoms with Crippen molar-refractivity contribution in [2.75, 3.05) is 11.1 Å². The van der Waals surface area contributed by atoms with Crippen LogP contribution in [0.3, 0.4) is 0 Å². The number of nitrogens with two attached hydrogens (primary N) is 1. The number of carboxylic acids is 1. The molecule has 0 amide bonds. The molecule has 5 N–H and O–H groups in total. The first kappa shape index (κ1) is 14.6. The average molecular weight is 283 g/mol. The van der Waals surface area contributed by atoms with Crippen molar-refractivity contribution in [2.24, 2.45) is 0 Å². The summed E-state index contributed by atoms with van der Waals surface area (Å²) in [6.45, 7) is 0.581. The molecule has 0 aliphatic carbocycles. The summed E-state index contributed by atoms with van der Waals surface area (Å²) in [6.07, 6.45) is -0.291. The van der Waals surface area contributed by atoms with E-state index in [0.717, 1.165) is 11.3 Å². The fraction of sp³-hybridized carbons (Fsp3) is 0.125. The summed E-state index contributed by atoms with van der Waals surface area (Å²) < 4.78 is 0. The van der Waals surface area contributed by atoms with E-state index in [1.54, 1.807) is 12.1 Å². The lowest BCUT2D eigenvalue weighted by Crippen LogP contribution is -2.10. The number of carboxylic acid groups (broad SMARTS) is 1. The van der Waals surface area contributed by atoms with E-state index in [0.29, 0.717) is 17.8 Å². The van der Waals surface area contributed by atoms with Crippen molar-refractivity contribution in [2.45, 2.75) is 13.0 Å². The van der Waals surface area contributed by atoms with E-state index in [4.69, 9.17) is 16.2 Å². The van der Waals surface area contributed by atoms with Crippen LogP contribution in [0.25, 0.3) is 0 Å². The lowest BCUT2D eigenvalue weighted by molar-refractivity contribution is -0.135. The molecule has 5 heteroatoms. The lowest BCUT2D eigenvalue weighted by Gasteiger charge is -2.12. The molecule has 108 valence electrons. The predicted molar refractivity (Wildman–Crippen MR) is 83.7 cm³/mol. The maximum absolute atomic E-state index is 10.7. The topological polar surface area (TPSA) is 99.2 Å². The van der Waals surface area contributed by atoms with Crippen LogP contribution in [0, 0.1) is 5.41 Å². The van der Waals surface area contributed by atoms with Gasteiger partial charge in [-0.3, -0.25) is 4.79 Å². The second-order valence-corrected chi connectivity index (χ2v) is 4.69. The maximum Gasteiger partial charge on any atom is 0.309 e. The molecule has 0 radical (unpaired) electrons. The van der Waals surface area contributed by atoms with Gasteiger partial charge >= 0.3 is 5.97 Å². The fourth-order valence-electron chi connectivity index (χ4n) is 1.98. The maximum atomic E-state index is 10.7. The molecule has 0 aliphatic rings. The van der Waals surface area contributed by atoms with E-state index >= 15 is 0 Å². The van der Waals surface area contributed by atoms with Gasteiger partial charge in [0, 0.05) is 23.5 Å². The first-order chi connectivity index (χ1) is 10.1. The van der Waals surface area contributed by atoms with E-state index in [1.165, 1.54) is 0 Å². The molecule has 2 aromatic rings. The van der Waals surface area contributed by atoms with Gasteiger partial charge in [-0.2, -0.15) is 0 Å². The molecule has 0 aliphatic heterocycles. The molecule has 2 rings (SSSR count). The van der Waals surface area contributed by atoms with E-state index in [1.807, 2.05) is 36.4 Å². The minimum absolute atomic E-state index is 0.0860. The molecule has 0 spiro atoms. The van der Waals surface area contributed by atoms with Gasteiger partial charge in [0.05, 0.1) is 12.1 Å². The SMILES string of the molecule is N=C(CC(=O)O)c1ccccc1NCc1ccc(N)cc1. The molecular weight excluding hydrogens is 266 g/mol. The number of para-hydroxylation sites is 1. The summed E-state index contributed by atoms with van der Waals surface area (Å²) in [6, 6.07) is 14.7. The molecule has 0 atom stereocenters. The van der Waals surface area contributed by atoms with Gasteiger partial charge in [-0.15, -0.1) is 0 Å². The number of nitrogens with one attached hydrogen (secondary N) is 2. The minimum Gasteiger partial charge on any atom is -0.481 e. The summed E-state index contributed by atoms with van der Waals surface area (Å²) in [4.78, 5) is 10.7. The average Bonchev–Trinajstić information content (AvgIpc) is 2.46. The van der Waals surface area contributed by atoms with Gasteiger partial charge in [0.25, 0.3) is 0 Å². The van der Waals surface area contributed by atoms with Crippen LogP contribution < -0.4 is 11.1 Å². The Kier molecular flexibility index (Phi) is 4.56. The number of aliphatic carboxylic acids is 1. The number of benzene rings is 2. The molecule has 0 aromatic heterocycles. The Morgan fingerprint density at radius 3 is 2.48 bits per heavy atom. The second-order valence-electron chi connectivity index (χ2n) is 4.69. The third-order valence-corrected chi connectivity index (χ3v) is 3.04. The molecule has 0 saturated carbocycles. The Hall–Kier alpha value is -2.82. The fourth-order valence-corrected chi connectivity index (χ4v) is 1.98. The quantitative estimate of drug-likeness (QED) is 0.484. The van der Waals surface area contributed by atoms with Crippen LogP contribution in [0.4, 0.5) is 11.4 Å². The largest absolute Gasteiger partial charge is 0.481 e. The normalized spacial score (nSPS) is 10.1. The molecule has 0 saturated heterocycles. The van der Waals surface area contributed by atoms with Crippen molar-refractivity contribution in [3.05, 3.63) is 59.7 Å². The third kappa shape index (κ3) is 4.07. The van der Waals surface area contributed by atoms with Crippen molar-refractivity contribution in [3.63, 3.8) is 0 Å². The van der Waals surface area contributed by atoms with Crippen LogP contribution in [-0.2, 0) is 11.3 Å². The number of anilines is 2. The van der Waals surface area contributed by atoms with E-state index in [-0.39, 0.29) is 12.1 Å². The zero-order valence-corrected chi connectivity index (χ0v) is 11.5. The van der Waals surface area contributed by atoms with Crippen LogP contribution in [-0.4, -0.2) is 16.8 Å². The van der Waals surface area contributed by atoms with Crippen LogP contribution >= 0.6 is 0 Å².